The largest absolute Gasteiger partial charge is 0.462 e. The lowest BCUT2D eigenvalue weighted by Crippen LogP contribution is -2.30. The molecule has 0 aliphatic heterocycles. The normalized spacial score (nSPS) is 12.7. The van der Waals surface area contributed by atoms with E-state index in [-0.39, 0.29) is 31.1 Å². The van der Waals surface area contributed by atoms with E-state index in [2.05, 4.69) is 118 Å². The molecule has 0 saturated heterocycles. The highest BCUT2D eigenvalue weighted by Crippen LogP contribution is 2.18. The molecule has 0 aliphatic carbocycles. The van der Waals surface area contributed by atoms with Crippen LogP contribution in [0.3, 0.4) is 0 Å². The summed E-state index contributed by atoms with van der Waals surface area (Å²) in [6.07, 6.45) is 93.2. The van der Waals surface area contributed by atoms with Crippen LogP contribution < -0.4 is 0 Å². The van der Waals surface area contributed by atoms with Crippen LogP contribution in [0.1, 0.15) is 342 Å². The molecular weight excluding hydrogens is 997 g/mol. The second-order valence-corrected chi connectivity index (χ2v) is 23.1. The second-order valence-electron chi connectivity index (χ2n) is 23.1. The van der Waals surface area contributed by atoms with Crippen LogP contribution in [0.5, 0.6) is 0 Å². The van der Waals surface area contributed by atoms with E-state index < -0.39 is 6.10 Å². The van der Waals surface area contributed by atoms with Crippen LogP contribution in [-0.4, -0.2) is 37.2 Å². The van der Waals surface area contributed by atoms with Crippen LogP contribution in [-0.2, 0) is 28.6 Å². The fraction of sp³-hybridized carbons (Fsp3) is 0.747. The van der Waals surface area contributed by atoms with E-state index in [9.17, 15) is 14.4 Å². The molecule has 0 aromatic rings. The van der Waals surface area contributed by atoms with Gasteiger partial charge in [0.05, 0.1) is 0 Å². The van der Waals surface area contributed by atoms with E-state index in [1.54, 1.807) is 0 Å². The fourth-order valence-corrected chi connectivity index (χ4v) is 9.93. The minimum Gasteiger partial charge on any atom is -0.462 e. The van der Waals surface area contributed by atoms with Crippen LogP contribution in [0.4, 0.5) is 0 Å². The van der Waals surface area contributed by atoms with Crippen LogP contribution in [0, 0.1) is 0 Å². The maximum atomic E-state index is 12.9. The number of esters is 3. The van der Waals surface area contributed by atoms with Crippen molar-refractivity contribution in [2.24, 2.45) is 0 Å². The standard InChI is InChI=1S/C75H130O6/c1-4-7-10-13-16-18-20-22-24-26-28-30-32-33-34-35-36-37-38-39-40-41-43-44-46-48-50-52-54-56-59-62-65-68-74(77)80-71-72(70-79-73(76)67-64-61-58-15-12-9-6-3)81-75(78)69-66-63-60-57-55-53-51-49-47-45-42-31-29-27-25-23-21-19-17-14-11-8-5-2/h7,10,16,18,22,24,28,30,33-34,36-37,39-40,43-44,72H,4-6,8-9,11-15,17,19-21,23,25-27,29,31-32,35,38,41-42,45-71H2,1-3H3/b10-7-,18-16-,24-22-,30-28-,34-33-,37-36-,40-39-,44-43-. The van der Waals surface area contributed by atoms with E-state index in [1.165, 1.54) is 186 Å². The molecule has 1 unspecified atom stereocenters. The van der Waals surface area contributed by atoms with Gasteiger partial charge in [-0.2, -0.15) is 0 Å². The fourth-order valence-electron chi connectivity index (χ4n) is 9.93. The molecule has 0 aliphatic rings. The monoisotopic (exact) mass is 1130 g/mol. The Balaban J connectivity index is 4.11. The van der Waals surface area contributed by atoms with Gasteiger partial charge in [0.1, 0.15) is 13.2 Å². The number of ether oxygens (including phenoxy) is 3. The first-order valence-electron chi connectivity index (χ1n) is 34.7. The highest BCUT2D eigenvalue weighted by atomic mass is 16.6. The average molecular weight is 1130 g/mol. The predicted octanol–water partition coefficient (Wildman–Crippen LogP) is 24.0. The third kappa shape index (κ3) is 67.0. The van der Waals surface area contributed by atoms with Crippen LogP contribution in [0.15, 0.2) is 97.2 Å². The Morgan fingerprint density at radius 1 is 0.259 bits per heavy atom. The van der Waals surface area contributed by atoms with Gasteiger partial charge in [0.15, 0.2) is 6.10 Å². The molecule has 466 valence electrons. The summed E-state index contributed by atoms with van der Waals surface area (Å²) in [5.41, 5.74) is 0. The Bertz CT molecular complexity index is 1580. The van der Waals surface area contributed by atoms with Gasteiger partial charge in [-0.05, 0) is 83.5 Å². The van der Waals surface area contributed by atoms with Crippen molar-refractivity contribution in [1.29, 1.82) is 0 Å². The summed E-state index contributed by atoms with van der Waals surface area (Å²) in [4.78, 5) is 38.2. The lowest BCUT2D eigenvalue weighted by Gasteiger charge is -2.18. The molecule has 6 heteroatoms. The van der Waals surface area contributed by atoms with E-state index >= 15 is 0 Å². The smallest absolute Gasteiger partial charge is 0.306 e. The predicted molar refractivity (Wildman–Crippen MR) is 353 cm³/mol. The van der Waals surface area contributed by atoms with Crippen LogP contribution in [0.2, 0.25) is 0 Å². The summed E-state index contributed by atoms with van der Waals surface area (Å²) >= 11 is 0. The van der Waals surface area contributed by atoms with Crippen molar-refractivity contribution < 1.29 is 28.6 Å². The topological polar surface area (TPSA) is 78.9 Å². The first-order valence-corrected chi connectivity index (χ1v) is 34.7. The molecule has 81 heavy (non-hydrogen) atoms. The summed E-state index contributed by atoms with van der Waals surface area (Å²) < 4.78 is 16.9. The molecule has 0 radical (unpaired) electrons. The Hall–Kier alpha value is -3.67. The van der Waals surface area contributed by atoms with Crippen molar-refractivity contribution in [2.45, 2.75) is 348 Å². The number of hydrogen-bond acceptors (Lipinski definition) is 6. The van der Waals surface area contributed by atoms with Gasteiger partial charge in [0.2, 0.25) is 0 Å². The second kappa shape index (κ2) is 68.8. The third-order valence-electron chi connectivity index (χ3n) is 15.1. The zero-order valence-corrected chi connectivity index (χ0v) is 53.5. The summed E-state index contributed by atoms with van der Waals surface area (Å²) in [7, 11) is 0. The van der Waals surface area contributed by atoms with Gasteiger partial charge in [-0.15, -0.1) is 0 Å². The Labute approximate surface area is 502 Å². The van der Waals surface area contributed by atoms with Gasteiger partial charge in [-0.25, -0.2) is 0 Å². The average Bonchev–Trinajstić information content (AvgIpc) is 3.47. The number of carbonyl (C=O) groups excluding carboxylic acids is 3. The highest BCUT2D eigenvalue weighted by Gasteiger charge is 2.19. The number of allylic oxidation sites excluding steroid dienone is 16. The Kier molecular flexibility index (Phi) is 65.7. The first kappa shape index (κ1) is 77.3. The van der Waals surface area contributed by atoms with Gasteiger partial charge in [-0.1, -0.05) is 336 Å². The third-order valence-corrected chi connectivity index (χ3v) is 15.1. The number of carbonyl (C=O) groups is 3. The zero-order chi connectivity index (χ0) is 58.5. The maximum Gasteiger partial charge on any atom is 0.306 e. The lowest BCUT2D eigenvalue weighted by atomic mass is 10.0. The Morgan fingerprint density at radius 2 is 0.481 bits per heavy atom. The summed E-state index contributed by atoms with van der Waals surface area (Å²) in [5, 5.41) is 0. The number of unbranched alkanes of at least 4 members (excludes halogenated alkanes) is 36. The SMILES string of the molecule is CC/C=C\C/C=C\C/C=C\C/C=C\C/C=C\C/C=C\C/C=C\C/C=C\CCCCCCCCCCC(=O)OCC(COC(=O)CCCCCCCCC)OC(=O)CCCCCCCCCCCCCCCCCCCCCCCCC. The summed E-state index contributed by atoms with van der Waals surface area (Å²) in [6, 6.07) is 0. The van der Waals surface area contributed by atoms with Crippen molar-refractivity contribution in [3.8, 4) is 0 Å². The number of rotatable bonds is 63. The molecule has 0 aromatic heterocycles. The van der Waals surface area contributed by atoms with Gasteiger partial charge >= 0.3 is 17.9 Å². The van der Waals surface area contributed by atoms with E-state index in [1.807, 2.05) is 0 Å². The molecule has 0 bridgehead atoms. The van der Waals surface area contributed by atoms with Crippen LogP contribution >= 0.6 is 0 Å². The molecular formula is C75H130O6. The van der Waals surface area contributed by atoms with Crippen molar-refractivity contribution in [1.82, 2.24) is 0 Å². The summed E-state index contributed by atoms with van der Waals surface area (Å²) in [5.74, 6) is -0.876. The van der Waals surface area contributed by atoms with E-state index in [4.69, 9.17) is 14.2 Å². The van der Waals surface area contributed by atoms with Gasteiger partial charge in [0, 0.05) is 19.3 Å². The molecule has 0 heterocycles. The molecule has 0 saturated carbocycles. The molecule has 0 spiro atoms. The minimum absolute atomic E-state index is 0.0757. The van der Waals surface area contributed by atoms with Crippen molar-refractivity contribution in [3.63, 3.8) is 0 Å². The molecule has 0 aromatic carbocycles. The van der Waals surface area contributed by atoms with Gasteiger partial charge in [-0.3, -0.25) is 14.4 Å². The van der Waals surface area contributed by atoms with Gasteiger partial charge in [0.25, 0.3) is 0 Å². The van der Waals surface area contributed by atoms with Crippen molar-refractivity contribution in [3.05, 3.63) is 97.2 Å². The maximum absolute atomic E-state index is 12.9. The lowest BCUT2D eigenvalue weighted by molar-refractivity contribution is -0.167. The van der Waals surface area contributed by atoms with E-state index in [0.717, 1.165) is 116 Å². The van der Waals surface area contributed by atoms with E-state index in [0.29, 0.717) is 19.3 Å². The van der Waals surface area contributed by atoms with Gasteiger partial charge < -0.3 is 14.2 Å². The first-order chi connectivity index (χ1) is 40.0. The van der Waals surface area contributed by atoms with Crippen molar-refractivity contribution in [2.75, 3.05) is 13.2 Å². The summed E-state index contributed by atoms with van der Waals surface area (Å²) in [6.45, 7) is 6.52. The molecule has 0 amide bonds. The molecule has 0 rings (SSSR count). The minimum atomic E-state index is -0.777. The molecule has 0 N–H and O–H groups in total. The molecule has 1 atom stereocenters. The quantitative estimate of drug-likeness (QED) is 0.0261. The molecule has 0 fully saturated rings. The van der Waals surface area contributed by atoms with Crippen molar-refractivity contribution >= 4 is 17.9 Å². The highest BCUT2D eigenvalue weighted by molar-refractivity contribution is 5.71. The van der Waals surface area contributed by atoms with Crippen LogP contribution in [0.25, 0.3) is 0 Å². The molecule has 6 nitrogen and oxygen atoms in total. The Morgan fingerprint density at radius 3 is 0.753 bits per heavy atom. The number of hydrogen-bond donors (Lipinski definition) is 0. The zero-order valence-electron chi connectivity index (χ0n) is 53.5.